The molecular formula is C25H30FN5O4. The van der Waals surface area contributed by atoms with Gasteiger partial charge < -0.3 is 25.2 Å². The molecule has 2 heterocycles. The van der Waals surface area contributed by atoms with Gasteiger partial charge in [-0.15, -0.1) is 0 Å². The van der Waals surface area contributed by atoms with Crippen LogP contribution in [0, 0.1) is 5.82 Å². The fraction of sp³-hybridized carbons (Fsp3) is 0.400. The van der Waals surface area contributed by atoms with Gasteiger partial charge in [0.2, 0.25) is 17.7 Å². The first-order valence-electron chi connectivity index (χ1n) is 11.7. The summed E-state index contributed by atoms with van der Waals surface area (Å²) in [6.45, 7) is 3.89. The van der Waals surface area contributed by atoms with Crippen LogP contribution >= 0.6 is 0 Å². The van der Waals surface area contributed by atoms with Crippen molar-refractivity contribution >= 4 is 29.1 Å². The average Bonchev–Trinajstić information content (AvgIpc) is 2.87. The van der Waals surface area contributed by atoms with Crippen LogP contribution < -0.4 is 20.3 Å². The number of nitrogens with zero attached hydrogens (tertiary/aromatic N) is 3. The van der Waals surface area contributed by atoms with E-state index in [-0.39, 0.29) is 24.8 Å². The second-order valence-electron chi connectivity index (χ2n) is 8.61. The van der Waals surface area contributed by atoms with Crippen molar-refractivity contribution in [2.45, 2.75) is 12.5 Å². The number of benzene rings is 2. The number of hydrogen-bond acceptors (Lipinski definition) is 6. The lowest BCUT2D eigenvalue weighted by atomic mass is 10.1. The smallest absolute Gasteiger partial charge is 0.243 e. The van der Waals surface area contributed by atoms with Gasteiger partial charge in [-0.2, -0.15) is 0 Å². The fourth-order valence-electron chi connectivity index (χ4n) is 4.38. The van der Waals surface area contributed by atoms with E-state index in [0.717, 1.165) is 24.5 Å². The monoisotopic (exact) mass is 483 g/mol. The Labute approximate surface area is 203 Å². The summed E-state index contributed by atoms with van der Waals surface area (Å²) in [5, 5.41) is 5.40. The minimum atomic E-state index is -0.878. The lowest BCUT2D eigenvalue weighted by Crippen LogP contribution is -2.60. The van der Waals surface area contributed by atoms with Crippen molar-refractivity contribution in [1.29, 1.82) is 0 Å². The molecule has 0 spiro atoms. The molecule has 35 heavy (non-hydrogen) atoms. The highest BCUT2D eigenvalue weighted by Gasteiger charge is 2.35. The highest BCUT2D eigenvalue weighted by molar-refractivity contribution is 5.97. The van der Waals surface area contributed by atoms with Gasteiger partial charge in [0.1, 0.15) is 17.6 Å². The molecule has 2 aliphatic rings. The van der Waals surface area contributed by atoms with Crippen LogP contribution in [0.4, 0.5) is 15.8 Å². The molecule has 0 saturated carbocycles. The molecule has 3 amide bonds. The molecule has 2 aromatic rings. The van der Waals surface area contributed by atoms with Crippen LogP contribution in [0.3, 0.4) is 0 Å². The van der Waals surface area contributed by atoms with Crippen molar-refractivity contribution < 1.29 is 23.5 Å². The zero-order valence-electron chi connectivity index (χ0n) is 19.7. The summed E-state index contributed by atoms with van der Waals surface area (Å²) in [6.07, 6.45) is -0.166. The molecule has 4 rings (SSSR count). The molecule has 0 bridgehead atoms. The van der Waals surface area contributed by atoms with E-state index in [0.29, 0.717) is 31.9 Å². The molecule has 10 heteroatoms. The number of carbonyl (C=O) groups excluding carboxylic acids is 3. The highest BCUT2D eigenvalue weighted by atomic mass is 19.1. The molecule has 0 radical (unpaired) electrons. The molecule has 0 aliphatic carbocycles. The number of amides is 3. The van der Waals surface area contributed by atoms with Crippen LogP contribution in [-0.2, 0) is 14.4 Å². The number of piperazine rings is 2. The number of hydrogen-bond donors (Lipinski definition) is 2. The first kappa shape index (κ1) is 24.5. The molecule has 2 fully saturated rings. The summed E-state index contributed by atoms with van der Waals surface area (Å²) in [6, 6.07) is 12.4. The van der Waals surface area contributed by atoms with E-state index in [1.807, 2.05) is 24.3 Å². The van der Waals surface area contributed by atoms with E-state index in [1.54, 1.807) is 7.11 Å². The molecule has 9 nitrogen and oxygen atoms in total. The third-order valence-electron chi connectivity index (χ3n) is 6.33. The van der Waals surface area contributed by atoms with E-state index < -0.39 is 17.8 Å². The molecule has 2 N–H and O–H groups in total. The summed E-state index contributed by atoms with van der Waals surface area (Å²) < 4.78 is 18.3. The van der Waals surface area contributed by atoms with Gasteiger partial charge in [-0.1, -0.05) is 0 Å². The number of methoxy groups -OCH3 is 1. The summed E-state index contributed by atoms with van der Waals surface area (Å²) in [5.41, 5.74) is 1.54. The standard InChI is InChI=1S/C25H30FN5O4/c1-35-21-8-6-20(7-9-21)30-14-12-29(13-15-30)17-24(33)31-11-10-27-25(34)22(31)16-23(32)28-19-4-2-18(26)3-5-19/h2-9,22H,10-17H2,1H3,(H,27,34)(H,28,32)/t22-/m1/s1. The minimum Gasteiger partial charge on any atom is -0.497 e. The van der Waals surface area contributed by atoms with Crippen molar-refractivity contribution in [3.05, 3.63) is 54.3 Å². The molecule has 0 aromatic heterocycles. The first-order valence-corrected chi connectivity index (χ1v) is 11.7. The van der Waals surface area contributed by atoms with Gasteiger partial charge >= 0.3 is 0 Å². The molecule has 1 atom stereocenters. The second-order valence-corrected chi connectivity index (χ2v) is 8.61. The predicted octanol–water partition coefficient (Wildman–Crippen LogP) is 1.31. The van der Waals surface area contributed by atoms with Crippen LogP contribution in [0.5, 0.6) is 5.75 Å². The lowest BCUT2D eigenvalue weighted by molar-refractivity contribution is -0.145. The maximum atomic E-state index is 13.1. The van der Waals surface area contributed by atoms with E-state index in [2.05, 4.69) is 20.4 Å². The zero-order valence-corrected chi connectivity index (χ0v) is 19.7. The van der Waals surface area contributed by atoms with E-state index in [9.17, 15) is 18.8 Å². The summed E-state index contributed by atoms with van der Waals surface area (Å²) in [4.78, 5) is 44.0. The van der Waals surface area contributed by atoms with Crippen LogP contribution in [0.15, 0.2) is 48.5 Å². The van der Waals surface area contributed by atoms with Crippen LogP contribution in [0.25, 0.3) is 0 Å². The summed E-state index contributed by atoms with van der Waals surface area (Å²) in [5.74, 6) is -0.522. The zero-order chi connectivity index (χ0) is 24.8. The molecule has 0 unspecified atom stereocenters. The lowest BCUT2D eigenvalue weighted by Gasteiger charge is -2.39. The Morgan fingerprint density at radius 2 is 1.71 bits per heavy atom. The van der Waals surface area contributed by atoms with Gasteiger partial charge in [-0.25, -0.2) is 4.39 Å². The maximum Gasteiger partial charge on any atom is 0.243 e. The third-order valence-corrected chi connectivity index (χ3v) is 6.33. The van der Waals surface area contributed by atoms with Gasteiger partial charge in [-0.3, -0.25) is 19.3 Å². The van der Waals surface area contributed by atoms with Gasteiger partial charge in [0.15, 0.2) is 0 Å². The van der Waals surface area contributed by atoms with Gasteiger partial charge in [0.05, 0.1) is 20.1 Å². The molecule has 186 valence electrons. The molecule has 2 aliphatic heterocycles. The second kappa shape index (κ2) is 11.2. The van der Waals surface area contributed by atoms with Crippen molar-refractivity contribution in [3.8, 4) is 5.75 Å². The molecular weight excluding hydrogens is 453 g/mol. The minimum absolute atomic E-state index is 0.166. The van der Waals surface area contributed by atoms with Crippen molar-refractivity contribution in [2.75, 3.05) is 63.1 Å². The van der Waals surface area contributed by atoms with Crippen molar-refractivity contribution in [1.82, 2.24) is 15.1 Å². The Hall–Kier alpha value is -3.66. The number of rotatable bonds is 7. The largest absolute Gasteiger partial charge is 0.497 e. The molecule has 2 aromatic carbocycles. The van der Waals surface area contributed by atoms with Crippen LogP contribution in [0.2, 0.25) is 0 Å². The number of nitrogens with one attached hydrogen (secondary N) is 2. The number of anilines is 2. The average molecular weight is 484 g/mol. The third kappa shape index (κ3) is 6.27. The Bertz CT molecular complexity index is 1040. The SMILES string of the molecule is COc1ccc(N2CCN(CC(=O)N3CCNC(=O)[C@H]3CC(=O)Nc3ccc(F)cc3)CC2)cc1. The maximum absolute atomic E-state index is 13.1. The van der Waals surface area contributed by atoms with Gasteiger partial charge in [0.25, 0.3) is 0 Å². The number of halogens is 1. The fourth-order valence-corrected chi connectivity index (χ4v) is 4.38. The summed E-state index contributed by atoms with van der Waals surface area (Å²) in [7, 11) is 1.64. The van der Waals surface area contributed by atoms with E-state index in [4.69, 9.17) is 4.74 Å². The Morgan fingerprint density at radius 3 is 2.37 bits per heavy atom. The Balaban J connectivity index is 1.31. The number of ether oxygens (including phenoxy) is 1. The van der Waals surface area contributed by atoms with Crippen LogP contribution in [-0.4, -0.2) is 86.5 Å². The molecule has 2 saturated heterocycles. The normalized spacial score (nSPS) is 18.7. The van der Waals surface area contributed by atoms with Crippen molar-refractivity contribution in [2.24, 2.45) is 0 Å². The summed E-state index contributed by atoms with van der Waals surface area (Å²) >= 11 is 0. The number of carbonyl (C=O) groups is 3. The Morgan fingerprint density at radius 1 is 1.03 bits per heavy atom. The van der Waals surface area contributed by atoms with Crippen molar-refractivity contribution in [3.63, 3.8) is 0 Å². The van der Waals surface area contributed by atoms with Gasteiger partial charge in [0, 0.05) is 50.6 Å². The first-order chi connectivity index (χ1) is 16.9. The quantitative estimate of drug-likeness (QED) is 0.617. The van der Waals surface area contributed by atoms with Gasteiger partial charge in [-0.05, 0) is 48.5 Å². The van der Waals surface area contributed by atoms with Crippen LogP contribution in [0.1, 0.15) is 6.42 Å². The Kier molecular flexibility index (Phi) is 7.81. The predicted molar refractivity (Wildman–Crippen MR) is 130 cm³/mol. The topological polar surface area (TPSA) is 94.2 Å². The highest BCUT2D eigenvalue weighted by Crippen LogP contribution is 2.21. The van der Waals surface area contributed by atoms with E-state index >= 15 is 0 Å². The van der Waals surface area contributed by atoms with E-state index in [1.165, 1.54) is 29.2 Å².